The second kappa shape index (κ2) is 13.5. The Kier molecular flexibility index (Phi) is 9.39. The van der Waals surface area contributed by atoms with Crippen molar-refractivity contribution in [1.29, 1.82) is 5.41 Å². The number of nitrogens with one attached hydrogen (secondary N) is 2. The van der Waals surface area contributed by atoms with Gasteiger partial charge in [-0.1, -0.05) is 29.5 Å². The summed E-state index contributed by atoms with van der Waals surface area (Å²) >= 11 is 0. The lowest BCUT2D eigenvalue weighted by molar-refractivity contribution is -0.138. The van der Waals surface area contributed by atoms with Gasteiger partial charge in [-0.15, -0.1) is 5.10 Å². The second-order valence-corrected chi connectivity index (χ2v) is 13.1. The molecular weight excluding hydrogens is 682 g/mol. The summed E-state index contributed by atoms with van der Waals surface area (Å²) in [6.07, 6.45) is -5.24. The molecule has 0 bridgehead atoms. The number of hydrogen-bond donors (Lipinski definition) is 2. The molecule has 1 aliphatic rings. The molecule has 3 aromatic heterocycles. The van der Waals surface area contributed by atoms with Crippen LogP contribution in [0.5, 0.6) is 0 Å². The van der Waals surface area contributed by atoms with Gasteiger partial charge in [0.15, 0.2) is 11.1 Å². The van der Waals surface area contributed by atoms with E-state index in [-0.39, 0.29) is 38.2 Å². The molecule has 1 saturated heterocycles. The minimum absolute atomic E-state index is 0.00378. The average Bonchev–Trinajstić information content (AvgIpc) is 3.75. The Morgan fingerprint density at radius 1 is 0.863 bits per heavy atom. The van der Waals surface area contributed by atoms with Gasteiger partial charge in [0.25, 0.3) is 0 Å². The largest absolute Gasteiger partial charge is 0.444 e. The standard InChI is InChI=1S/C33H34F6N10O2/c1-31(2,3)51-30(50)47-14-12-46(13-15-47)26(20-4-8-22(9-5-20)32(34,35)36)27(21-6-10-23(11-7-21)33(37,38)39)49-17-24(44-45-49)16-48-19-43-28(40)25-29(48)42-18-41-25/h4-11,17-19,26-27,40H,12-16H2,1-3H3,(H,41,42)/t26-,27+/m1/s1. The van der Waals surface area contributed by atoms with Gasteiger partial charge < -0.3 is 19.2 Å². The van der Waals surface area contributed by atoms with Crippen LogP contribution in [0.1, 0.15) is 60.8 Å². The van der Waals surface area contributed by atoms with Gasteiger partial charge in [0.05, 0.1) is 48.6 Å². The number of carbonyl (C=O) groups excluding carboxylic acids is 1. The Morgan fingerprint density at radius 2 is 1.43 bits per heavy atom. The SMILES string of the molecule is CC(C)(C)OC(=O)N1CCN([C@H](c2ccc(C(F)(F)F)cc2)[C@H](c2ccc(C(F)(F)F)cc2)n2cc(Cn3cnc(=N)c4[nH]cnc43)nn2)CC1. The molecule has 1 aliphatic heterocycles. The van der Waals surface area contributed by atoms with Crippen LogP contribution < -0.4 is 5.49 Å². The third-order valence-corrected chi connectivity index (χ3v) is 8.45. The summed E-state index contributed by atoms with van der Waals surface area (Å²) < 4.78 is 90.4. The highest BCUT2D eigenvalue weighted by atomic mass is 19.4. The van der Waals surface area contributed by atoms with Crippen LogP contribution in [0.2, 0.25) is 0 Å². The number of halogens is 6. The maximum absolute atomic E-state index is 13.6. The molecule has 0 radical (unpaired) electrons. The van der Waals surface area contributed by atoms with Crippen molar-refractivity contribution in [1.82, 2.24) is 44.3 Å². The minimum Gasteiger partial charge on any atom is -0.444 e. The number of amides is 1. The molecule has 0 spiro atoms. The predicted molar refractivity (Wildman–Crippen MR) is 170 cm³/mol. The number of hydrogen-bond acceptors (Lipinski definition) is 8. The van der Waals surface area contributed by atoms with Crippen molar-refractivity contribution in [3.8, 4) is 0 Å². The number of nitrogens with zero attached hydrogens (tertiary/aromatic N) is 8. The average molecular weight is 717 g/mol. The first kappa shape index (κ1) is 35.6. The fourth-order valence-corrected chi connectivity index (χ4v) is 6.06. The summed E-state index contributed by atoms with van der Waals surface area (Å²) in [5, 5.41) is 16.7. The first-order chi connectivity index (χ1) is 24.0. The minimum atomic E-state index is -4.60. The number of aromatic nitrogens is 7. The highest BCUT2D eigenvalue weighted by Gasteiger charge is 2.38. The highest BCUT2D eigenvalue weighted by molar-refractivity contribution is 5.68. The molecular formula is C33H34F6N10O2. The molecule has 270 valence electrons. The van der Waals surface area contributed by atoms with Crippen LogP contribution in [-0.4, -0.2) is 82.2 Å². The van der Waals surface area contributed by atoms with Crippen molar-refractivity contribution in [3.05, 3.63) is 101 Å². The highest BCUT2D eigenvalue weighted by Crippen LogP contribution is 2.40. The first-order valence-corrected chi connectivity index (χ1v) is 15.9. The van der Waals surface area contributed by atoms with Gasteiger partial charge in [-0.25, -0.2) is 19.4 Å². The Morgan fingerprint density at radius 3 is 1.98 bits per heavy atom. The molecule has 51 heavy (non-hydrogen) atoms. The molecule has 6 rings (SSSR count). The van der Waals surface area contributed by atoms with Crippen LogP contribution in [0.15, 0.2) is 67.4 Å². The van der Waals surface area contributed by atoms with Gasteiger partial charge in [-0.05, 0) is 56.2 Å². The molecule has 12 nitrogen and oxygen atoms in total. The molecule has 4 heterocycles. The number of imidazole rings is 1. The smallest absolute Gasteiger partial charge is 0.416 e. The molecule has 1 fully saturated rings. The van der Waals surface area contributed by atoms with Gasteiger partial charge in [0.1, 0.15) is 16.8 Å². The molecule has 1 amide bonds. The van der Waals surface area contributed by atoms with E-state index in [4.69, 9.17) is 10.1 Å². The molecule has 5 aromatic rings. The van der Waals surface area contributed by atoms with Crippen molar-refractivity contribution >= 4 is 17.3 Å². The fourth-order valence-electron chi connectivity index (χ4n) is 6.06. The molecule has 0 aliphatic carbocycles. The van der Waals surface area contributed by atoms with E-state index in [2.05, 4.69) is 25.3 Å². The molecule has 2 aromatic carbocycles. The van der Waals surface area contributed by atoms with Gasteiger partial charge in [-0.2, -0.15) is 26.3 Å². The Hall–Kier alpha value is -5.26. The summed E-state index contributed by atoms with van der Waals surface area (Å²) in [4.78, 5) is 27.6. The van der Waals surface area contributed by atoms with Gasteiger partial charge in [0, 0.05) is 26.2 Å². The van der Waals surface area contributed by atoms with E-state index in [0.717, 1.165) is 24.3 Å². The van der Waals surface area contributed by atoms with E-state index < -0.39 is 47.3 Å². The number of rotatable bonds is 7. The number of aromatic amines is 1. The number of ether oxygens (including phenoxy) is 1. The molecule has 2 N–H and O–H groups in total. The summed E-state index contributed by atoms with van der Waals surface area (Å²) in [5.41, 5.74) is -0.364. The molecule has 0 saturated carbocycles. The van der Waals surface area contributed by atoms with E-state index in [0.29, 0.717) is 28.0 Å². The van der Waals surface area contributed by atoms with Crippen LogP contribution in [0, 0.1) is 5.41 Å². The van der Waals surface area contributed by atoms with E-state index in [1.54, 1.807) is 31.5 Å². The lowest BCUT2D eigenvalue weighted by Gasteiger charge is -2.42. The Balaban J connectivity index is 1.42. The lowest BCUT2D eigenvalue weighted by atomic mass is 9.90. The van der Waals surface area contributed by atoms with Gasteiger partial charge >= 0.3 is 18.4 Å². The van der Waals surface area contributed by atoms with E-state index in [1.807, 2.05) is 4.90 Å². The topological polar surface area (TPSA) is 134 Å². The third kappa shape index (κ3) is 7.90. The lowest BCUT2D eigenvalue weighted by Crippen LogP contribution is -2.52. The fraction of sp³-hybridized carbons (Fsp3) is 0.394. The number of fused-ring (bicyclic) bond motifs is 1. The number of carbonyl (C=O) groups is 1. The number of benzene rings is 2. The number of alkyl halides is 6. The zero-order chi connectivity index (χ0) is 36.7. The zero-order valence-corrected chi connectivity index (χ0v) is 27.7. The second-order valence-electron chi connectivity index (χ2n) is 13.1. The van der Waals surface area contributed by atoms with E-state index in [9.17, 15) is 31.1 Å². The summed E-state index contributed by atoms with van der Waals surface area (Å²) in [5.74, 6) is 0. The van der Waals surface area contributed by atoms with Crippen LogP contribution in [0.25, 0.3) is 11.2 Å². The zero-order valence-electron chi connectivity index (χ0n) is 27.7. The van der Waals surface area contributed by atoms with Crippen LogP contribution in [-0.2, 0) is 23.6 Å². The molecule has 18 heteroatoms. The Bertz CT molecular complexity index is 2040. The van der Waals surface area contributed by atoms with Crippen LogP contribution in [0.4, 0.5) is 31.1 Å². The van der Waals surface area contributed by atoms with Crippen molar-refractivity contribution < 1.29 is 35.9 Å². The first-order valence-electron chi connectivity index (χ1n) is 15.9. The van der Waals surface area contributed by atoms with Crippen LogP contribution >= 0.6 is 0 Å². The van der Waals surface area contributed by atoms with Crippen molar-refractivity contribution in [2.24, 2.45) is 0 Å². The van der Waals surface area contributed by atoms with Crippen LogP contribution in [0.3, 0.4) is 0 Å². The van der Waals surface area contributed by atoms with Crippen molar-refractivity contribution in [2.75, 3.05) is 26.2 Å². The van der Waals surface area contributed by atoms with E-state index in [1.165, 1.54) is 46.5 Å². The monoisotopic (exact) mass is 716 g/mol. The van der Waals surface area contributed by atoms with Gasteiger partial charge in [-0.3, -0.25) is 10.3 Å². The maximum Gasteiger partial charge on any atom is 0.416 e. The summed E-state index contributed by atoms with van der Waals surface area (Å²) in [6.45, 7) is 6.35. The van der Waals surface area contributed by atoms with Crippen molar-refractivity contribution in [3.63, 3.8) is 0 Å². The quantitative estimate of drug-likeness (QED) is 0.204. The molecule has 0 unspecified atom stereocenters. The normalized spacial score (nSPS) is 16.0. The predicted octanol–water partition coefficient (Wildman–Crippen LogP) is 5.80. The summed E-state index contributed by atoms with van der Waals surface area (Å²) in [7, 11) is 0. The maximum atomic E-state index is 13.6. The number of piperazine rings is 1. The van der Waals surface area contributed by atoms with Crippen molar-refractivity contribution in [2.45, 2.75) is 57.4 Å². The number of H-pyrrole nitrogens is 1. The molecule has 2 atom stereocenters. The van der Waals surface area contributed by atoms with E-state index >= 15 is 0 Å². The van der Waals surface area contributed by atoms with Gasteiger partial charge in [0.2, 0.25) is 0 Å². The third-order valence-electron chi connectivity index (χ3n) is 8.45. The summed E-state index contributed by atoms with van der Waals surface area (Å²) in [6, 6.07) is 7.50. The Labute approximate surface area is 287 Å².